The number of hydrogen-bond acceptors (Lipinski definition) is 3. The maximum Gasteiger partial charge on any atom is 0.315 e. The highest BCUT2D eigenvalue weighted by Crippen LogP contribution is 2.30. The third-order valence-corrected chi connectivity index (χ3v) is 3.62. The van der Waals surface area contributed by atoms with E-state index in [1.807, 2.05) is 6.92 Å². The number of amides is 2. The van der Waals surface area contributed by atoms with Gasteiger partial charge in [0, 0.05) is 19.8 Å². The lowest BCUT2D eigenvalue weighted by atomic mass is 9.74. The van der Waals surface area contributed by atoms with E-state index in [4.69, 9.17) is 4.74 Å². The molecule has 2 amide bonds. The Hall–Kier alpha value is -1.30. The van der Waals surface area contributed by atoms with E-state index in [-0.39, 0.29) is 6.03 Å². The molecule has 6 heteroatoms. The second kappa shape index (κ2) is 8.09. The van der Waals surface area contributed by atoms with Crippen molar-refractivity contribution in [1.82, 2.24) is 10.6 Å². The fourth-order valence-corrected chi connectivity index (χ4v) is 1.37. The number of rotatable bonds is 9. The second-order valence-electron chi connectivity index (χ2n) is 5.90. The summed E-state index contributed by atoms with van der Waals surface area (Å²) in [5.41, 5.74) is -1.92. The summed E-state index contributed by atoms with van der Waals surface area (Å²) < 4.78 is 5.30. The molecule has 0 saturated carbocycles. The molecule has 0 heterocycles. The molecule has 3 N–H and O–H groups in total. The molecule has 0 bridgehead atoms. The minimum atomic E-state index is -1.06. The number of carbonyl (C=O) groups excluding carboxylic acids is 1. The quantitative estimate of drug-likeness (QED) is 0.566. The summed E-state index contributed by atoms with van der Waals surface area (Å²) in [7, 11) is 0. The van der Waals surface area contributed by atoms with Crippen LogP contribution in [0.2, 0.25) is 0 Å². The van der Waals surface area contributed by atoms with Crippen molar-refractivity contribution >= 4 is 12.0 Å². The number of hydrogen-bond donors (Lipinski definition) is 3. The molecule has 0 aromatic rings. The Bertz CT molecular complexity index is 327. The van der Waals surface area contributed by atoms with Gasteiger partial charge in [0.25, 0.3) is 0 Å². The highest BCUT2D eigenvalue weighted by Gasteiger charge is 2.44. The van der Waals surface area contributed by atoms with Gasteiger partial charge in [-0.1, -0.05) is 6.92 Å². The van der Waals surface area contributed by atoms with E-state index in [1.54, 1.807) is 27.7 Å². The molecule has 20 heavy (non-hydrogen) atoms. The van der Waals surface area contributed by atoms with Crippen LogP contribution in [-0.4, -0.2) is 42.4 Å². The molecule has 0 rings (SSSR count). The molecule has 0 atom stereocenters. The Labute approximate surface area is 121 Å². The smallest absolute Gasteiger partial charge is 0.315 e. The van der Waals surface area contributed by atoms with Gasteiger partial charge in [0.15, 0.2) is 0 Å². The van der Waals surface area contributed by atoms with E-state index in [2.05, 4.69) is 10.6 Å². The molecule has 0 aliphatic carbocycles. The fraction of sp³-hybridized carbons (Fsp3) is 0.857. The Kier molecular flexibility index (Phi) is 7.57. The first kappa shape index (κ1) is 18.7. The normalized spacial score (nSPS) is 12.1. The van der Waals surface area contributed by atoms with Gasteiger partial charge in [-0.3, -0.25) is 4.79 Å². The van der Waals surface area contributed by atoms with E-state index in [0.717, 1.165) is 19.4 Å². The maximum atomic E-state index is 11.8. The van der Waals surface area contributed by atoms with Crippen molar-refractivity contribution in [2.24, 2.45) is 5.41 Å². The summed E-state index contributed by atoms with van der Waals surface area (Å²) in [6.45, 7) is 10.5. The molecular formula is C14H28N2O4. The highest BCUT2D eigenvalue weighted by molar-refractivity contribution is 5.79. The molecule has 6 nitrogen and oxygen atoms in total. The van der Waals surface area contributed by atoms with Crippen molar-refractivity contribution in [2.45, 2.75) is 53.0 Å². The van der Waals surface area contributed by atoms with Gasteiger partial charge in [-0.15, -0.1) is 0 Å². The zero-order chi connectivity index (χ0) is 15.8. The zero-order valence-electron chi connectivity index (χ0n) is 13.2. The lowest BCUT2D eigenvalue weighted by molar-refractivity contribution is -0.150. The number of urea groups is 1. The third kappa shape index (κ3) is 5.77. The van der Waals surface area contributed by atoms with Crippen LogP contribution in [0.5, 0.6) is 0 Å². The number of ether oxygens (including phenoxy) is 1. The van der Waals surface area contributed by atoms with Crippen molar-refractivity contribution in [2.75, 3.05) is 19.8 Å². The highest BCUT2D eigenvalue weighted by atomic mass is 16.5. The average Bonchev–Trinajstić information content (AvgIpc) is 2.32. The maximum absolute atomic E-state index is 11.8. The van der Waals surface area contributed by atoms with Crippen molar-refractivity contribution in [3.05, 3.63) is 0 Å². The number of nitrogens with one attached hydrogen (secondary N) is 2. The molecular weight excluding hydrogens is 260 g/mol. The largest absolute Gasteiger partial charge is 0.481 e. The van der Waals surface area contributed by atoms with Gasteiger partial charge >= 0.3 is 12.0 Å². The summed E-state index contributed by atoms with van der Waals surface area (Å²) in [5, 5.41) is 14.6. The molecule has 0 aliphatic rings. The van der Waals surface area contributed by atoms with Crippen molar-refractivity contribution < 1.29 is 19.4 Å². The van der Waals surface area contributed by atoms with Crippen LogP contribution in [0.3, 0.4) is 0 Å². The van der Waals surface area contributed by atoms with Gasteiger partial charge in [-0.05, 0) is 40.5 Å². The van der Waals surface area contributed by atoms with Gasteiger partial charge in [0.05, 0.1) is 11.0 Å². The zero-order valence-corrected chi connectivity index (χ0v) is 13.2. The lowest BCUT2D eigenvalue weighted by Gasteiger charge is -2.38. The summed E-state index contributed by atoms with van der Waals surface area (Å²) in [5.74, 6) is -0.948. The lowest BCUT2D eigenvalue weighted by Crippen LogP contribution is -2.59. The molecule has 0 spiro atoms. The average molecular weight is 288 g/mol. The van der Waals surface area contributed by atoms with E-state index in [1.165, 1.54) is 0 Å². The monoisotopic (exact) mass is 288 g/mol. The predicted octanol–water partition coefficient (Wildman–Crippen LogP) is 1.99. The van der Waals surface area contributed by atoms with Crippen LogP contribution < -0.4 is 10.6 Å². The van der Waals surface area contributed by atoms with Gasteiger partial charge in [-0.2, -0.15) is 0 Å². The molecule has 118 valence electrons. The molecule has 0 saturated heterocycles. The first-order valence-corrected chi connectivity index (χ1v) is 7.02. The number of aliphatic carboxylic acids is 1. The molecule has 0 fully saturated rings. The van der Waals surface area contributed by atoms with Gasteiger partial charge in [0.2, 0.25) is 0 Å². The van der Waals surface area contributed by atoms with Crippen LogP contribution in [-0.2, 0) is 9.53 Å². The van der Waals surface area contributed by atoms with Crippen molar-refractivity contribution in [3.8, 4) is 0 Å². The van der Waals surface area contributed by atoms with Crippen LogP contribution in [0.4, 0.5) is 4.79 Å². The summed E-state index contributed by atoms with van der Waals surface area (Å²) in [4.78, 5) is 23.0. The molecule has 0 aromatic carbocycles. The predicted molar refractivity (Wildman–Crippen MR) is 77.8 cm³/mol. The first-order chi connectivity index (χ1) is 9.15. The first-order valence-electron chi connectivity index (χ1n) is 7.02. The molecule has 0 aromatic heterocycles. The second-order valence-corrected chi connectivity index (χ2v) is 5.90. The van der Waals surface area contributed by atoms with E-state index in [0.29, 0.717) is 13.2 Å². The summed E-state index contributed by atoms with van der Waals surface area (Å²) in [6.07, 6.45) is 1.71. The minimum Gasteiger partial charge on any atom is -0.481 e. The Morgan fingerprint density at radius 3 is 2.25 bits per heavy atom. The number of carbonyl (C=O) groups is 2. The van der Waals surface area contributed by atoms with Crippen molar-refractivity contribution in [3.63, 3.8) is 0 Å². The Morgan fingerprint density at radius 2 is 1.75 bits per heavy atom. The Morgan fingerprint density at radius 1 is 1.15 bits per heavy atom. The van der Waals surface area contributed by atoms with Crippen LogP contribution >= 0.6 is 0 Å². The van der Waals surface area contributed by atoms with Crippen LogP contribution in [0.15, 0.2) is 0 Å². The number of carboxylic acids is 1. The standard InChI is InChI=1S/C14H28N2O4/c1-6-9-20-10-7-8-15-12(19)16-14(4,5)13(2,3)11(17)18/h6-10H2,1-5H3,(H,17,18)(H2,15,16,19). The van der Waals surface area contributed by atoms with E-state index in [9.17, 15) is 14.7 Å². The van der Waals surface area contributed by atoms with Gasteiger partial charge < -0.3 is 20.5 Å². The third-order valence-electron chi connectivity index (χ3n) is 3.62. The summed E-state index contributed by atoms with van der Waals surface area (Å²) in [6, 6.07) is -0.361. The molecule has 0 aliphatic heterocycles. The SMILES string of the molecule is CCCOCCCNC(=O)NC(C)(C)C(C)(C)C(=O)O. The minimum absolute atomic E-state index is 0.361. The fourth-order valence-electron chi connectivity index (χ4n) is 1.37. The van der Waals surface area contributed by atoms with Crippen LogP contribution in [0.25, 0.3) is 0 Å². The van der Waals surface area contributed by atoms with Gasteiger partial charge in [-0.25, -0.2) is 4.79 Å². The van der Waals surface area contributed by atoms with Gasteiger partial charge in [0.1, 0.15) is 0 Å². The Balaban J connectivity index is 4.10. The topological polar surface area (TPSA) is 87.7 Å². The van der Waals surface area contributed by atoms with Crippen LogP contribution in [0, 0.1) is 5.41 Å². The molecule has 0 radical (unpaired) electrons. The summed E-state index contributed by atoms with van der Waals surface area (Å²) >= 11 is 0. The van der Waals surface area contributed by atoms with Crippen molar-refractivity contribution in [1.29, 1.82) is 0 Å². The molecule has 0 unspecified atom stereocenters. The van der Waals surface area contributed by atoms with E-state index < -0.39 is 16.9 Å². The van der Waals surface area contributed by atoms with Crippen LogP contribution in [0.1, 0.15) is 47.5 Å². The number of carboxylic acid groups (broad SMARTS) is 1. The van der Waals surface area contributed by atoms with E-state index >= 15 is 0 Å².